The molecular formula is C18H27NO3. The summed E-state index contributed by atoms with van der Waals surface area (Å²) in [6.07, 6.45) is 0.689. The second kappa shape index (κ2) is 5.93. The summed E-state index contributed by atoms with van der Waals surface area (Å²) < 4.78 is 12.7. The van der Waals surface area contributed by atoms with Gasteiger partial charge < -0.3 is 14.6 Å². The zero-order chi connectivity index (χ0) is 15.9. The molecular weight excluding hydrogens is 278 g/mol. The minimum absolute atomic E-state index is 0.00936. The molecule has 4 nitrogen and oxygen atoms in total. The topological polar surface area (TPSA) is 41.9 Å². The van der Waals surface area contributed by atoms with E-state index in [2.05, 4.69) is 44.9 Å². The number of nitrogens with zero attached hydrogens (tertiary/aromatic N) is 1. The quantitative estimate of drug-likeness (QED) is 0.932. The number of aliphatic hydroxyl groups is 1. The molecule has 0 bridgehead atoms. The van der Waals surface area contributed by atoms with E-state index < -0.39 is 5.91 Å². The van der Waals surface area contributed by atoms with E-state index in [1.807, 2.05) is 18.2 Å². The number of ether oxygens (including phenoxy) is 2. The van der Waals surface area contributed by atoms with Gasteiger partial charge in [-0.25, -0.2) is 4.90 Å². The average molecular weight is 305 g/mol. The second-order valence-electron chi connectivity index (χ2n) is 6.94. The summed E-state index contributed by atoms with van der Waals surface area (Å²) in [7, 11) is 2.07. The first-order valence-electron chi connectivity index (χ1n) is 8.24. The van der Waals surface area contributed by atoms with Crippen molar-refractivity contribution >= 4 is 0 Å². The summed E-state index contributed by atoms with van der Waals surface area (Å²) in [5.74, 6) is -0.0341. The average Bonchev–Trinajstić information content (AvgIpc) is 3.02. The fourth-order valence-electron chi connectivity index (χ4n) is 3.91. The van der Waals surface area contributed by atoms with Gasteiger partial charge in [-0.3, -0.25) is 0 Å². The monoisotopic (exact) mass is 305 g/mol. The summed E-state index contributed by atoms with van der Waals surface area (Å²) in [6.45, 7) is 6.63. The highest BCUT2D eigenvalue weighted by atomic mass is 16.7. The van der Waals surface area contributed by atoms with Crippen LogP contribution in [0.5, 0.6) is 0 Å². The molecule has 2 fully saturated rings. The van der Waals surface area contributed by atoms with Gasteiger partial charge in [0.25, 0.3) is 0 Å². The van der Waals surface area contributed by atoms with Gasteiger partial charge in [-0.05, 0) is 31.9 Å². The van der Waals surface area contributed by atoms with Crippen LogP contribution >= 0.6 is 0 Å². The number of hydrogen-bond donors (Lipinski definition) is 1. The second-order valence-corrected chi connectivity index (χ2v) is 6.94. The minimum atomic E-state index is -0.721. The van der Waals surface area contributed by atoms with E-state index in [-0.39, 0.29) is 30.8 Å². The van der Waals surface area contributed by atoms with E-state index in [4.69, 9.17) is 9.47 Å². The minimum Gasteiger partial charge on any atom is -0.394 e. The van der Waals surface area contributed by atoms with Gasteiger partial charge >= 0.3 is 0 Å². The Balaban J connectivity index is 1.93. The highest BCUT2D eigenvalue weighted by Gasteiger charge is 2.60. The van der Waals surface area contributed by atoms with Crippen LogP contribution in [0.1, 0.15) is 38.9 Å². The predicted octanol–water partition coefficient (Wildman–Crippen LogP) is 2.79. The van der Waals surface area contributed by atoms with Gasteiger partial charge in [0.15, 0.2) is 0 Å². The molecule has 2 aliphatic rings. The van der Waals surface area contributed by atoms with Crippen molar-refractivity contribution in [1.82, 2.24) is 4.90 Å². The Morgan fingerprint density at radius 2 is 1.95 bits per heavy atom. The standard InChI is InChI=1S/C18H27NO3/c1-12(2)16-10-15(11-20)21-18(16)19(4)13(3)17(22-18)14-8-6-5-7-9-14/h5-9,12-13,15-17,20H,10-11H2,1-4H3/t13?,15?,16?,17?,18-/m0/s1. The highest BCUT2D eigenvalue weighted by Crippen LogP contribution is 2.52. The molecule has 2 heterocycles. The SMILES string of the molecule is CC(C)C1CC(CO)O[C@]12OC(c1ccccc1)C(C)N2C. The van der Waals surface area contributed by atoms with Crippen LogP contribution in [0.3, 0.4) is 0 Å². The Morgan fingerprint density at radius 1 is 1.27 bits per heavy atom. The van der Waals surface area contributed by atoms with Gasteiger partial charge in [0.1, 0.15) is 6.10 Å². The Labute approximate surface area is 133 Å². The van der Waals surface area contributed by atoms with Crippen LogP contribution < -0.4 is 0 Å². The van der Waals surface area contributed by atoms with Crippen LogP contribution in [0.15, 0.2) is 30.3 Å². The molecule has 0 aliphatic carbocycles. The van der Waals surface area contributed by atoms with E-state index in [0.29, 0.717) is 5.92 Å². The van der Waals surface area contributed by atoms with Crippen molar-refractivity contribution in [2.45, 2.75) is 51.4 Å². The Bertz CT molecular complexity index is 506. The first-order valence-corrected chi connectivity index (χ1v) is 8.24. The maximum absolute atomic E-state index is 9.55. The molecule has 4 heteroatoms. The molecule has 5 atom stereocenters. The van der Waals surface area contributed by atoms with Gasteiger partial charge in [0.2, 0.25) is 5.91 Å². The zero-order valence-corrected chi connectivity index (χ0v) is 13.9. The van der Waals surface area contributed by atoms with Gasteiger partial charge in [0.05, 0.1) is 12.7 Å². The lowest BCUT2D eigenvalue weighted by atomic mass is 9.89. The van der Waals surface area contributed by atoms with Crippen molar-refractivity contribution in [2.75, 3.05) is 13.7 Å². The van der Waals surface area contributed by atoms with Gasteiger partial charge in [-0.2, -0.15) is 0 Å². The number of benzene rings is 1. The summed E-state index contributed by atoms with van der Waals surface area (Å²) in [5, 5.41) is 9.55. The Kier molecular flexibility index (Phi) is 4.29. The Morgan fingerprint density at radius 3 is 2.55 bits per heavy atom. The smallest absolute Gasteiger partial charge is 0.234 e. The van der Waals surface area contributed by atoms with Crippen LogP contribution in [0.4, 0.5) is 0 Å². The summed E-state index contributed by atoms with van der Waals surface area (Å²) in [5.41, 5.74) is 1.18. The number of rotatable bonds is 3. The van der Waals surface area contributed by atoms with Crippen molar-refractivity contribution in [3.8, 4) is 0 Å². The molecule has 1 aromatic carbocycles. The first-order chi connectivity index (χ1) is 10.5. The molecule has 0 amide bonds. The molecule has 1 spiro atoms. The number of aliphatic hydroxyl groups excluding tert-OH is 1. The summed E-state index contributed by atoms with van der Waals surface area (Å²) in [4.78, 5) is 2.21. The zero-order valence-electron chi connectivity index (χ0n) is 13.9. The summed E-state index contributed by atoms with van der Waals surface area (Å²) in [6, 6.07) is 10.5. The van der Waals surface area contributed by atoms with E-state index in [1.54, 1.807) is 0 Å². The van der Waals surface area contributed by atoms with E-state index >= 15 is 0 Å². The van der Waals surface area contributed by atoms with Crippen molar-refractivity contribution in [3.05, 3.63) is 35.9 Å². The molecule has 2 saturated heterocycles. The predicted molar refractivity (Wildman–Crippen MR) is 85.1 cm³/mol. The molecule has 3 rings (SSSR count). The highest BCUT2D eigenvalue weighted by molar-refractivity contribution is 5.21. The molecule has 2 aliphatic heterocycles. The lowest BCUT2D eigenvalue weighted by Crippen LogP contribution is -2.51. The van der Waals surface area contributed by atoms with Gasteiger partial charge in [0, 0.05) is 12.0 Å². The lowest BCUT2D eigenvalue weighted by molar-refractivity contribution is -0.297. The third-order valence-electron chi connectivity index (χ3n) is 5.29. The maximum atomic E-state index is 9.55. The Hall–Kier alpha value is -0.940. The largest absolute Gasteiger partial charge is 0.394 e. The molecule has 0 radical (unpaired) electrons. The van der Waals surface area contributed by atoms with Crippen LogP contribution in [-0.4, -0.2) is 41.7 Å². The van der Waals surface area contributed by atoms with Crippen molar-refractivity contribution in [2.24, 2.45) is 11.8 Å². The lowest BCUT2D eigenvalue weighted by Gasteiger charge is -2.38. The fourth-order valence-corrected chi connectivity index (χ4v) is 3.91. The molecule has 4 unspecified atom stereocenters. The molecule has 1 aromatic rings. The van der Waals surface area contributed by atoms with Crippen LogP contribution in [0.2, 0.25) is 0 Å². The molecule has 0 saturated carbocycles. The third kappa shape index (κ3) is 2.38. The fraction of sp³-hybridized carbons (Fsp3) is 0.667. The maximum Gasteiger partial charge on any atom is 0.234 e. The van der Waals surface area contributed by atoms with E-state index in [1.165, 1.54) is 5.56 Å². The van der Waals surface area contributed by atoms with Gasteiger partial charge in [-0.1, -0.05) is 44.2 Å². The van der Waals surface area contributed by atoms with Crippen molar-refractivity contribution in [3.63, 3.8) is 0 Å². The summed E-state index contributed by atoms with van der Waals surface area (Å²) >= 11 is 0. The molecule has 1 N–H and O–H groups in total. The number of hydrogen-bond acceptors (Lipinski definition) is 4. The van der Waals surface area contributed by atoms with E-state index in [0.717, 1.165) is 6.42 Å². The van der Waals surface area contributed by atoms with Crippen molar-refractivity contribution in [1.29, 1.82) is 0 Å². The van der Waals surface area contributed by atoms with Crippen molar-refractivity contribution < 1.29 is 14.6 Å². The van der Waals surface area contributed by atoms with Crippen LogP contribution in [0, 0.1) is 11.8 Å². The van der Waals surface area contributed by atoms with Crippen LogP contribution in [-0.2, 0) is 9.47 Å². The first kappa shape index (κ1) is 15.9. The third-order valence-corrected chi connectivity index (χ3v) is 5.29. The normalized spacial score (nSPS) is 39.2. The molecule has 0 aromatic heterocycles. The number of likely N-dealkylation sites (N-methyl/N-ethyl adjacent to an activating group) is 1. The molecule has 122 valence electrons. The van der Waals surface area contributed by atoms with Gasteiger partial charge in [-0.15, -0.1) is 0 Å². The van der Waals surface area contributed by atoms with Crippen LogP contribution in [0.25, 0.3) is 0 Å². The molecule has 22 heavy (non-hydrogen) atoms. The van der Waals surface area contributed by atoms with E-state index in [9.17, 15) is 5.11 Å².